The van der Waals surface area contributed by atoms with Crippen LogP contribution in [0.5, 0.6) is 5.75 Å². The number of aromatic amines is 1. The molecule has 0 aliphatic carbocycles. The van der Waals surface area contributed by atoms with Crippen molar-refractivity contribution in [2.75, 3.05) is 12.4 Å². The van der Waals surface area contributed by atoms with Crippen molar-refractivity contribution in [2.45, 2.75) is 0 Å². The second-order valence-corrected chi connectivity index (χ2v) is 6.36. The van der Waals surface area contributed by atoms with Crippen molar-refractivity contribution < 1.29 is 9.53 Å². The molecule has 5 nitrogen and oxygen atoms in total. The Morgan fingerprint density at radius 3 is 2.67 bits per heavy atom. The molecule has 4 aromatic rings. The van der Waals surface area contributed by atoms with E-state index in [0.717, 1.165) is 16.6 Å². The fraction of sp³-hybridized carbons (Fsp3) is 0.0476. The molecule has 27 heavy (non-hydrogen) atoms. The minimum absolute atomic E-state index is 0.295. The van der Waals surface area contributed by atoms with E-state index in [1.165, 1.54) is 7.11 Å². The van der Waals surface area contributed by atoms with Crippen molar-refractivity contribution in [2.24, 2.45) is 0 Å². The molecular weight excluding hydrogens is 362 g/mol. The van der Waals surface area contributed by atoms with Gasteiger partial charge in [-0.05, 0) is 42.5 Å². The molecule has 1 amide bonds. The first-order valence-corrected chi connectivity index (χ1v) is 8.72. The molecule has 0 aliphatic heterocycles. The zero-order valence-corrected chi connectivity index (χ0v) is 15.2. The summed E-state index contributed by atoms with van der Waals surface area (Å²) in [6.07, 6.45) is 0. The smallest absolute Gasteiger partial charge is 0.259 e. The van der Waals surface area contributed by atoms with E-state index in [1.54, 1.807) is 30.3 Å². The summed E-state index contributed by atoms with van der Waals surface area (Å²) < 4.78 is 5.25. The number of methoxy groups -OCH3 is 1. The minimum Gasteiger partial charge on any atom is -0.496 e. The van der Waals surface area contributed by atoms with Gasteiger partial charge in [0.25, 0.3) is 5.91 Å². The first kappa shape index (κ1) is 17.1. The fourth-order valence-corrected chi connectivity index (χ4v) is 3.04. The van der Waals surface area contributed by atoms with Gasteiger partial charge in [-0.1, -0.05) is 35.9 Å². The predicted molar refractivity (Wildman–Crippen MR) is 107 cm³/mol. The lowest BCUT2D eigenvalue weighted by Gasteiger charge is -2.11. The maximum atomic E-state index is 12.7. The van der Waals surface area contributed by atoms with E-state index in [1.807, 2.05) is 36.4 Å². The van der Waals surface area contributed by atoms with Gasteiger partial charge >= 0.3 is 0 Å². The first-order chi connectivity index (χ1) is 13.2. The van der Waals surface area contributed by atoms with Gasteiger partial charge in [-0.2, -0.15) is 0 Å². The zero-order chi connectivity index (χ0) is 18.8. The van der Waals surface area contributed by atoms with E-state index in [4.69, 9.17) is 16.3 Å². The highest BCUT2D eigenvalue weighted by molar-refractivity contribution is 6.34. The van der Waals surface area contributed by atoms with E-state index in [-0.39, 0.29) is 5.91 Å². The van der Waals surface area contributed by atoms with E-state index < -0.39 is 0 Å². The number of hydrogen-bond donors (Lipinski definition) is 2. The molecule has 6 heteroatoms. The quantitative estimate of drug-likeness (QED) is 0.517. The Kier molecular flexibility index (Phi) is 4.52. The van der Waals surface area contributed by atoms with Gasteiger partial charge in [0, 0.05) is 5.56 Å². The van der Waals surface area contributed by atoms with Crippen LogP contribution >= 0.6 is 11.6 Å². The molecule has 1 heterocycles. The van der Waals surface area contributed by atoms with Gasteiger partial charge in [0.05, 0.1) is 34.4 Å². The number of benzene rings is 3. The number of ether oxygens (including phenoxy) is 1. The van der Waals surface area contributed by atoms with Gasteiger partial charge in [-0.3, -0.25) is 4.79 Å². The summed E-state index contributed by atoms with van der Waals surface area (Å²) in [6, 6.07) is 20.2. The van der Waals surface area contributed by atoms with Crippen LogP contribution in [-0.4, -0.2) is 23.0 Å². The van der Waals surface area contributed by atoms with Crippen molar-refractivity contribution in [3.63, 3.8) is 0 Å². The first-order valence-electron chi connectivity index (χ1n) is 8.35. The Morgan fingerprint density at radius 1 is 1.07 bits per heavy atom. The summed E-state index contributed by atoms with van der Waals surface area (Å²) in [5.74, 6) is 0.913. The van der Waals surface area contributed by atoms with Gasteiger partial charge in [0.15, 0.2) is 0 Å². The molecule has 0 atom stereocenters. The number of halogens is 1. The Hall–Kier alpha value is -3.31. The Morgan fingerprint density at radius 2 is 1.85 bits per heavy atom. The number of carbonyl (C=O) groups is 1. The van der Waals surface area contributed by atoms with E-state index in [2.05, 4.69) is 15.3 Å². The van der Waals surface area contributed by atoms with Crippen molar-refractivity contribution in [1.29, 1.82) is 0 Å². The van der Waals surface area contributed by atoms with E-state index in [0.29, 0.717) is 27.8 Å². The van der Waals surface area contributed by atoms with Crippen LogP contribution in [-0.2, 0) is 0 Å². The number of para-hydroxylation sites is 3. The number of hydrogen-bond acceptors (Lipinski definition) is 3. The average Bonchev–Trinajstić information content (AvgIpc) is 3.13. The number of fused-ring (bicyclic) bond motifs is 1. The summed E-state index contributed by atoms with van der Waals surface area (Å²) in [6.45, 7) is 0. The second-order valence-electron chi connectivity index (χ2n) is 5.95. The largest absolute Gasteiger partial charge is 0.496 e. The van der Waals surface area contributed by atoms with Gasteiger partial charge in [0.1, 0.15) is 11.6 Å². The summed E-state index contributed by atoms with van der Waals surface area (Å²) in [4.78, 5) is 20.5. The molecule has 1 aromatic heterocycles. The molecule has 2 N–H and O–H groups in total. The number of carbonyl (C=O) groups excluding carboxylic acids is 1. The third-order valence-electron chi connectivity index (χ3n) is 4.23. The van der Waals surface area contributed by atoms with Crippen LogP contribution in [0.1, 0.15) is 10.4 Å². The van der Waals surface area contributed by atoms with Gasteiger partial charge in [0.2, 0.25) is 0 Å². The van der Waals surface area contributed by atoms with Crippen LogP contribution in [0.25, 0.3) is 22.4 Å². The Labute approximate surface area is 161 Å². The highest BCUT2D eigenvalue weighted by Gasteiger charge is 2.14. The highest BCUT2D eigenvalue weighted by Crippen LogP contribution is 2.29. The predicted octanol–water partition coefficient (Wildman–Crippen LogP) is 5.14. The topological polar surface area (TPSA) is 67.0 Å². The minimum atomic E-state index is -0.295. The number of anilines is 1. The second kappa shape index (κ2) is 7.13. The third kappa shape index (κ3) is 3.37. The lowest BCUT2D eigenvalue weighted by Crippen LogP contribution is -2.13. The number of amides is 1. The number of nitrogens with one attached hydrogen (secondary N) is 2. The number of rotatable bonds is 4. The normalized spacial score (nSPS) is 10.7. The summed E-state index contributed by atoms with van der Waals surface area (Å²) in [5.41, 5.74) is 3.59. The molecule has 0 saturated heterocycles. The fourth-order valence-electron chi connectivity index (χ4n) is 2.88. The van der Waals surface area contributed by atoms with Crippen molar-refractivity contribution in [1.82, 2.24) is 9.97 Å². The zero-order valence-electron chi connectivity index (χ0n) is 14.5. The Balaban J connectivity index is 1.67. The molecule has 0 fully saturated rings. The van der Waals surface area contributed by atoms with Gasteiger partial charge in [-0.25, -0.2) is 4.98 Å². The maximum Gasteiger partial charge on any atom is 0.259 e. The van der Waals surface area contributed by atoms with Crippen molar-refractivity contribution >= 4 is 34.2 Å². The van der Waals surface area contributed by atoms with Crippen LogP contribution < -0.4 is 10.1 Å². The standard InChI is InChI=1S/C21H16ClN3O2/c1-27-19-9-5-2-6-14(19)21(26)25-18-12-13(10-11-15(18)22)20-23-16-7-3-4-8-17(16)24-20/h2-12H,1H3,(H,23,24)(H,25,26). The third-order valence-corrected chi connectivity index (χ3v) is 4.56. The van der Waals surface area contributed by atoms with Crippen LogP contribution in [0, 0.1) is 0 Å². The van der Waals surface area contributed by atoms with Crippen LogP contribution in [0.3, 0.4) is 0 Å². The van der Waals surface area contributed by atoms with Crippen LogP contribution in [0.15, 0.2) is 66.7 Å². The van der Waals surface area contributed by atoms with E-state index >= 15 is 0 Å². The molecule has 0 aliphatic rings. The summed E-state index contributed by atoms with van der Waals surface area (Å²) in [7, 11) is 1.53. The molecule has 134 valence electrons. The summed E-state index contributed by atoms with van der Waals surface area (Å²) >= 11 is 6.29. The van der Waals surface area contributed by atoms with Crippen molar-refractivity contribution in [3.8, 4) is 17.1 Å². The lowest BCUT2D eigenvalue weighted by molar-refractivity contribution is 0.102. The molecular formula is C21H16ClN3O2. The number of H-pyrrole nitrogens is 1. The van der Waals surface area contributed by atoms with Crippen LogP contribution in [0.2, 0.25) is 5.02 Å². The molecule has 3 aromatic carbocycles. The lowest BCUT2D eigenvalue weighted by atomic mass is 10.1. The maximum absolute atomic E-state index is 12.7. The molecule has 0 unspecified atom stereocenters. The molecule has 0 bridgehead atoms. The molecule has 0 saturated carbocycles. The molecule has 0 radical (unpaired) electrons. The van der Waals surface area contributed by atoms with E-state index in [9.17, 15) is 4.79 Å². The van der Waals surface area contributed by atoms with Crippen molar-refractivity contribution in [3.05, 3.63) is 77.3 Å². The van der Waals surface area contributed by atoms with Crippen LogP contribution in [0.4, 0.5) is 5.69 Å². The number of imidazole rings is 1. The SMILES string of the molecule is COc1ccccc1C(=O)Nc1cc(-c2nc3ccccc3[nH]2)ccc1Cl. The monoisotopic (exact) mass is 377 g/mol. The van der Waals surface area contributed by atoms with Gasteiger partial charge in [-0.15, -0.1) is 0 Å². The average molecular weight is 378 g/mol. The number of aromatic nitrogens is 2. The summed E-state index contributed by atoms with van der Waals surface area (Å²) in [5, 5.41) is 3.30. The molecule has 4 rings (SSSR count). The Bertz CT molecular complexity index is 1100. The molecule has 0 spiro atoms. The van der Waals surface area contributed by atoms with Gasteiger partial charge < -0.3 is 15.0 Å². The highest BCUT2D eigenvalue weighted by atomic mass is 35.5. The number of nitrogens with zero attached hydrogens (tertiary/aromatic N) is 1.